The van der Waals surface area contributed by atoms with Gasteiger partial charge in [0.25, 0.3) is 0 Å². The Labute approximate surface area is 118 Å². The van der Waals surface area contributed by atoms with Crippen LogP contribution in [-0.2, 0) is 0 Å². The Morgan fingerprint density at radius 1 is 1.05 bits per heavy atom. The maximum absolute atomic E-state index is 12.4. The molecule has 0 spiro atoms. The number of nitrogens with one attached hydrogen (secondary N) is 1. The first kappa shape index (κ1) is 12.9. The second kappa shape index (κ2) is 5.90. The van der Waals surface area contributed by atoms with Crippen molar-refractivity contribution < 1.29 is 4.79 Å². The van der Waals surface area contributed by atoms with Gasteiger partial charge in [-0.25, -0.2) is 4.79 Å². The molecule has 0 saturated carbocycles. The van der Waals surface area contributed by atoms with E-state index < -0.39 is 0 Å². The zero-order chi connectivity index (χ0) is 13.8. The molecule has 20 heavy (non-hydrogen) atoms. The molecule has 0 bridgehead atoms. The average Bonchev–Trinajstić information content (AvgIpc) is 2.77. The zero-order valence-electron chi connectivity index (χ0n) is 11.5. The first-order chi connectivity index (χ1) is 9.84. The van der Waals surface area contributed by atoms with Gasteiger partial charge in [0.1, 0.15) is 0 Å². The molecule has 2 amide bonds. The number of likely N-dealkylation sites (tertiary alicyclic amines) is 1. The Balaban J connectivity index is 1.80. The number of aromatic nitrogens is 1. The Kier molecular flexibility index (Phi) is 3.81. The number of carbonyl (C=O) groups is 1. The summed E-state index contributed by atoms with van der Waals surface area (Å²) < 4.78 is 0. The molecular formula is C16H19N3O. The van der Waals surface area contributed by atoms with Crippen LogP contribution in [0.15, 0.2) is 36.5 Å². The number of nitrogens with zero attached hydrogens (tertiary/aromatic N) is 2. The van der Waals surface area contributed by atoms with E-state index in [1.165, 1.54) is 12.8 Å². The molecule has 1 N–H and O–H groups in total. The molecule has 0 unspecified atom stereocenters. The van der Waals surface area contributed by atoms with Crippen LogP contribution in [0.25, 0.3) is 10.9 Å². The molecule has 3 rings (SSSR count). The van der Waals surface area contributed by atoms with Crippen LogP contribution in [0.4, 0.5) is 10.5 Å². The van der Waals surface area contributed by atoms with Gasteiger partial charge in [-0.3, -0.25) is 4.98 Å². The summed E-state index contributed by atoms with van der Waals surface area (Å²) >= 11 is 0. The van der Waals surface area contributed by atoms with Crippen molar-refractivity contribution in [3.8, 4) is 0 Å². The second-order valence-electron chi connectivity index (χ2n) is 5.21. The minimum Gasteiger partial charge on any atom is -0.325 e. The van der Waals surface area contributed by atoms with E-state index in [9.17, 15) is 4.79 Å². The predicted octanol–water partition coefficient (Wildman–Crippen LogP) is 3.64. The number of hydrogen-bond donors (Lipinski definition) is 1. The first-order valence-electron chi connectivity index (χ1n) is 7.24. The van der Waals surface area contributed by atoms with Crippen molar-refractivity contribution in [3.05, 3.63) is 36.5 Å². The second-order valence-corrected chi connectivity index (χ2v) is 5.21. The molecule has 1 fully saturated rings. The van der Waals surface area contributed by atoms with Crippen molar-refractivity contribution in [2.45, 2.75) is 25.7 Å². The molecule has 1 aliphatic heterocycles. The van der Waals surface area contributed by atoms with Crippen molar-refractivity contribution >= 4 is 22.6 Å². The van der Waals surface area contributed by atoms with Gasteiger partial charge in [0.05, 0.1) is 11.2 Å². The molecule has 1 aromatic carbocycles. The normalized spacial score (nSPS) is 15.9. The van der Waals surface area contributed by atoms with Crippen LogP contribution in [0.3, 0.4) is 0 Å². The zero-order valence-corrected chi connectivity index (χ0v) is 11.5. The molecule has 0 atom stereocenters. The topological polar surface area (TPSA) is 45.2 Å². The van der Waals surface area contributed by atoms with Crippen LogP contribution >= 0.6 is 0 Å². The van der Waals surface area contributed by atoms with Gasteiger partial charge in [0.2, 0.25) is 0 Å². The molecule has 0 radical (unpaired) electrons. The first-order valence-corrected chi connectivity index (χ1v) is 7.24. The van der Waals surface area contributed by atoms with Gasteiger partial charge in [0, 0.05) is 24.7 Å². The van der Waals surface area contributed by atoms with Crippen molar-refractivity contribution in [3.63, 3.8) is 0 Å². The quantitative estimate of drug-likeness (QED) is 0.859. The van der Waals surface area contributed by atoms with Crippen LogP contribution in [0.1, 0.15) is 25.7 Å². The third-order valence-electron chi connectivity index (χ3n) is 3.78. The summed E-state index contributed by atoms with van der Waals surface area (Å²) in [7, 11) is 0. The summed E-state index contributed by atoms with van der Waals surface area (Å²) in [6, 6.07) is 9.69. The number of hydrogen-bond acceptors (Lipinski definition) is 2. The Morgan fingerprint density at radius 3 is 2.65 bits per heavy atom. The number of amides is 2. The van der Waals surface area contributed by atoms with Crippen LogP contribution in [0.2, 0.25) is 0 Å². The summed E-state index contributed by atoms with van der Waals surface area (Å²) in [5, 5.41) is 4.01. The number of carbonyl (C=O) groups excluding carboxylic acids is 1. The maximum Gasteiger partial charge on any atom is 0.321 e. The highest BCUT2D eigenvalue weighted by Crippen LogP contribution is 2.22. The number of anilines is 1. The van der Waals surface area contributed by atoms with Gasteiger partial charge in [-0.15, -0.1) is 0 Å². The fourth-order valence-electron chi connectivity index (χ4n) is 2.68. The Bertz CT molecular complexity index is 598. The van der Waals surface area contributed by atoms with E-state index in [2.05, 4.69) is 10.3 Å². The minimum atomic E-state index is 0.00301. The number of urea groups is 1. The van der Waals surface area contributed by atoms with Crippen molar-refractivity contribution in [1.29, 1.82) is 0 Å². The SMILES string of the molecule is O=C(Nc1cccc2ncccc12)N1CCCCCC1. The molecule has 1 saturated heterocycles. The van der Waals surface area contributed by atoms with Gasteiger partial charge < -0.3 is 10.2 Å². The van der Waals surface area contributed by atoms with E-state index in [0.29, 0.717) is 0 Å². The van der Waals surface area contributed by atoms with Crippen molar-refractivity contribution in [1.82, 2.24) is 9.88 Å². The van der Waals surface area contributed by atoms with E-state index in [1.807, 2.05) is 35.2 Å². The van der Waals surface area contributed by atoms with Gasteiger partial charge >= 0.3 is 6.03 Å². The van der Waals surface area contributed by atoms with Crippen molar-refractivity contribution in [2.24, 2.45) is 0 Å². The highest BCUT2D eigenvalue weighted by Gasteiger charge is 2.16. The average molecular weight is 269 g/mol. The number of pyridine rings is 1. The summed E-state index contributed by atoms with van der Waals surface area (Å²) in [4.78, 5) is 18.6. The number of benzene rings is 1. The highest BCUT2D eigenvalue weighted by atomic mass is 16.2. The van der Waals surface area contributed by atoms with Gasteiger partial charge in [0.15, 0.2) is 0 Å². The van der Waals surface area contributed by atoms with Crippen molar-refractivity contribution in [2.75, 3.05) is 18.4 Å². The molecule has 4 heteroatoms. The molecule has 0 aliphatic carbocycles. The number of rotatable bonds is 1. The molecule has 104 valence electrons. The molecule has 1 aliphatic rings. The monoisotopic (exact) mass is 269 g/mol. The van der Waals surface area contributed by atoms with Crippen LogP contribution in [0, 0.1) is 0 Å². The summed E-state index contributed by atoms with van der Waals surface area (Å²) in [5.41, 5.74) is 1.74. The van der Waals surface area contributed by atoms with E-state index >= 15 is 0 Å². The minimum absolute atomic E-state index is 0.00301. The fourth-order valence-corrected chi connectivity index (χ4v) is 2.68. The Morgan fingerprint density at radius 2 is 1.85 bits per heavy atom. The Hall–Kier alpha value is -2.10. The molecule has 1 aromatic heterocycles. The lowest BCUT2D eigenvalue weighted by Crippen LogP contribution is -2.35. The lowest BCUT2D eigenvalue weighted by molar-refractivity contribution is 0.214. The van der Waals surface area contributed by atoms with Crippen LogP contribution in [0.5, 0.6) is 0 Å². The summed E-state index contributed by atoms with van der Waals surface area (Å²) in [6.07, 6.45) is 6.42. The third-order valence-corrected chi connectivity index (χ3v) is 3.78. The van der Waals surface area contributed by atoms with E-state index in [-0.39, 0.29) is 6.03 Å². The lowest BCUT2D eigenvalue weighted by Gasteiger charge is -2.21. The highest BCUT2D eigenvalue weighted by molar-refractivity contribution is 6.00. The van der Waals surface area contributed by atoms with E-state index in [4.69, 9.17) is 0 Å². The predicted molar refractivity (Wildman–Crippen MR) is 80.8 cm³/mol. The van der Waals surface area contributed by atoms with Crippen LogP contribution < -0.4 is 5.32 Å². The molecule has 4 nitrogen and oxygen atoms in total. The fraction of sp³-hybridized carbons (Fsp3) is 0.375. The molecule has 2 aromatic rings. The van der Waals surface area contributed by atoms with Gasteiger partial charge in [-0.05, 0) is 37.1 Å². The van der Waals surface area contributed by atoms with Gasteiger partial charge in [-0.2, -0.15) is 0 Å². The van der Waals surface area contributed by atoms with Gasteiger partial charge in [-0.1, -0.05) is 18.9 Å². The standard InChI is InChI=1S/C16H19N3O/c20-16(19-11-3-1-2-4-12-19)18-15-9-5-8-14-13(15)7-6-10-17-14/h5-10H,1-4,11-12H2,(H,18,20). The third kappa shape index (κ3) is 2.74. The largest absolute Gasteiger partial charge is 0.325 e. The molecular weight excluding hydrogens is 250 g/mol. The smallest absolute Gasteiger partial charge is 0.321 e. The van der Waals surface area contributed by atoms with E-state index in [1.54, 1.807) is 6.20 Å². The summed E-state index contributed by atoms with van der Waals surface area (Å²) in [6.45, 7) is 1.71. The maximum atomic E-state index is 12.4. The summed E-state index contributed by atoms with van der Waals surface area (Å²) in [5.74, 6) is 0. The lowest BCUT2D eigenvalue weighted by atomic mass is 10.2. The van der Waals surface area contributed by atoms with Crippen LogP contribution in [-0.4, -0.2) is 29.0 Å². The molecule has 2 heterocycles. The van der Waals surface area contributed by atoms with E-state index in [0.717, 1.165) is 42.5 Å². The number of fused-ring (bicyclic) bond motifs is 1.